The van der Waals surface area contributed by atoms with E-state index in [1.54, 1.807) is 13.2 Å². The Balaban J connectivity index is 1.44. The highest BCUT2D eigenvalue weighted by Gasteiger charge is 2.57. The second-order valence-electron chi connectivity index (χ2n) is 9.77. The van der Waals surface area contributed by atoms with Crippen LogP contribution in [0.15, 0.2) is 11.8 Å². The Morgan fingerprint density at radius 2 is 1.87 bits per heavy atom. The Morgan fingerprint density at radius 1 is 1.10 bits per heavy atom. The summed E-state index contributed by atoms with van der Waals surface area (Å²) < 4.78 is 77.2. The largest absolute Gasteiger partial charge is 0.534 e. The third kappa shape index (κ3) is 3.90. The molecule has 0 unspecified atom stereocenters. The van der Waals surface area contributed by atoms with Crippen LogP contribution in [0.3, 0.4) is 0 Å². The lowest BCUT2D eigenvalue weighted by atomic mass is 9.52. The molecule has 0 aromatic carbocycles. The second kappa shape index (κ2) is 7.96. The highest BCUT2D eigenvalue weighted by molar-refractivity contribution is 7.87. The number of methoxy groups -OCH3 is 1. The molecule has 0 radical (unpaired) electrons. The summed E-state index contributed by atoms with van der Waals surface area (Å²) in [5, 5.41) is 0. The molecule has 0 amide bonds. The first-order valence-corrected chi connectivity index (χ1v) is 12.3. The van der Waals surface area contributed by atoms with Gasteiger partial charge in [0.15, 0.2) is 0 Å². The maximum absolute atomic E-state index is 12.8. The van der Waals surface area contributed by atoms with E-state index in [-0.39, 0.29) is 17.8 Å². The van der Waals surface area contributed by atoms with Gasteiger partial charge in [0.2, 0.25) is 0 Å². The fourth-order valence-corrected chi connectivity index (χ4v) is 7.36. The summed E-state index contributed by atoms with van der Waals surface area (Å²) in [7, 11) is -4.00. The molecule has 7 atom stereocenters. The van der Waals surface area contributed by atoms with E-state index in [4.69, 9.17) is 9.47 Å². The molecule has 30 heavy (non-hydrogen) atoms. The number of rotatable bonds is 5. The van der Waals surface area contributed by atoms with Crippen LogP contribution in [-0.2, 0) is 23.8 Å². The molecule has 4 aliphatic rings. The van der Waals surface area contributed by atoms with Crippen molar-refractivity contribution in [2.45, 2.75) is 69.9 Å². The summed E-state index contributed by atoms with van der Waals surface area (Å²) in [5.74, 6) is 2.34. The minimum Gasteiger partial charge on any atom is -0.380 e. The first-order valence-electron chi connectivity index (χ1n) is 10.9. The van der Waals surface area contributed by atoms with Gasteiger partial charge in [-0.05, 0) is 87.0 Å². The van der Waals surface area contributed by atoms with Crippen LogP contribution in [0, 0.1) is 35.0 Å². The van der Waals surface area contributed by atoms with Crippen molar-refractivity contribution in [3.8, 4) is 0 Å². The van der Waals surface area contributed by atoms with Crippen molar-refractivity contribution < 1.29 is 35.2 Å². The normalized spacial score (nSPS) is 41.4. The molecular formula is C21H31F3O5S. The van der Waals surface area contributed by atoms with E-state index in [0.29, 0.717) is 43.3 Å². The van der Waals surface area contributed by atoms with E-state index in [1.165, 1.54) is 0 Å². The van der Waals surface area contributed by atoms with E-state index in [9.17, 15) is 21.6 Å². The van der Waals surface area contributed by atoms with Gasteiger partial charge < -0.3 is 13.7 Å². The highest BCUT2D eigenvalue weighted by atomic mass is 32.2. The monoisotopic (exact) mass is 452 g/mol. The number of alkyl halides is 3. The fourth-order valence-electron chi connectivity index (χ4n) is 6.77. The van der Waals surface area contributed by atoms with Crippen LogP contribution in [-0.4, -0.2) is 33.9 Å². The average molecular weight is 453 g/mol. The Labute approximate surface area is 176 Å². The van der Waals surface area contributed by atoms with Gasteiger partial charge in [-0.1, -0.05) is 6.92 Å². The van der Waals surface area contributed by atoms with Crippen LogP contribution in [0.5, 0.6) is 0 Å². The van der Waals surface area contributed by atoms with E-state index in [1.807, 2.05) is 6.92 Å². The van der Waals surface area contributed by atoms with Crippen LogP contribution < -0.4 is 0 Å². The van der Waals surface area contributed by atoms with Gasteiger partial charge >= 0.3 is 15.6 Å². The predicted octanol–water partition coefficient (Wildman–Crippen LogP) is 4.99. The van der Waals surface area contributed by atoms with E-state index < -0.39 is 21.0 Å². The quantitative estimate of drug-likeness (QED) is 0.334. The number of allylic oxidation sites excluding steroid dienone is 2. The number of hydrogen-bond acceptors (Lipinski definition) is 5. The first kappa shape index (κ1) is 22.4. The number of fused-ring (bicyclic) bond motifs is 4. The second-order valence-corrected chi connectivity index (χ2v) is 11.3. The van der Waals surface area contributed by atoms with E-state index in [0.717, 1.165) is 38.5 Å². The third-order valence-corrected chi connectivity index (χ3v) is 9.24. The number of halogens is 3. The van der Waals surface area contributed by atoms with Crippen molar-refractivity contribution >= 4 is 10.1 Å². The van der Waals surface area contributed by atoms with Gasteiger partial charge in [-0.2, -0.15) is 21.6 Å². The molecule has 0 aromatic rings. The average Bonchev–Trinajstić information content (AvgIpc) is 3.00. The van der Waals surface area contributed by atoms with Gasteiger partial charge in [0, 0.05) is 12.5 Å². The van der Waals surface area contributed by atoms with Crippen molar-refractivity contribution in [1.29, 1.82) is 0 Å². The summed E-state index contributed by atoms with van der Waals surface area (Å²) >= 11 is 0. The van der Waals surface area contributed by atoms with Gasteiger partial charge in [-0.25, -0.2) is 0 Å². The highest BCUT2D eigenvalue weighted by Crippen LogP contribution is 2.62. The zero-order valence-electron chi connectivity index (χ0n) is 17.5. The Kier molecular flexibility index (Phi) is 5.94. The predicted molar refractivity (Wildman–Crippen MR) is 103 cm³/mol. The SMILES string of the molecule is COCO[C@H]1CC[C@H]2C[C@@H]3[C@H](CC[C@]4(C)C(OS(=O)(=O)C(F)(F)F)=CC[C@@H]34)C[C@@H]2C1. The smallest absolute Gasteiger partial charge is 0.380 e. The van der Waals surface area contributed by atoms with Gasteiger partial charge in [-0.15, -0.1) is 0 Å². The van der Waals surface area contributed by atoms with Gasteiger partial charge in [0.05, 0.1) is 6.10 Å². The number of hydrogen-bond donors (Lipinski definition) is 0. The van der Waals surface area contributed by atoms with Crippen molar-refractivity contribution in [2.24, 2.45) is 35.0 Å². The molecular weight excluding hydrogens is 421 g/mol. The van der Waals surface area contributed by atoms with Crippen molar-refractivity contribution in [3.63, 3.8) is 0 Å². The Hall–Kier alpha value is -0.800. The van der Waals surface area contributed by atoms with Gasteiger partial charge in [-0.3, -0.25) is 0 Å². The molecule has 3 fully saturated rings. The maximum atomic E-state index is 12.8. The molecule has 0 bridgehead atoms. The molecule has 0 aromatic heterocycles. The van der Waals surface area contributed by atoms with Crippen LogP contribution >= 0.6 is 0 Å². The molecule has 0 aliphatic heterocycles. The Bertz CT molecular complexity index is 780. The summed E-state index contributed by atoms with van der Waals surface area (Å²) in [6.45, 7) is 2.21. The summed E-state index contributed by atoms with van der Waals surface area (Å²) in [5.41, 5.74) is -6.04. The third-order valence-electron chi connectivity index (χ3n) is 8.27. The van der Waals surface area contributed by atoms with Crippen molar-refractivity contribution in [1.82, 2.24) is 0 Å². The molecule has 9 heteroatoms. The van der Waals surface area contributed by atoms with Gasteiger partial charge in [0.25, 0.3) is 0 Å². The minimum absolute atomic E-state index is 0.00192. The molecule has 0 spiro atoms. The molecule has 0 heterocycles. The topological polar surface area (TPSA) is 61.8 Å². The molecule has 5 nitrogen and oxygen atoms in total. The zero-order valence-corrected chi connectivity index (χ0v) is 18.3. The molecule has 4 rings (SSSR count). The van der Waals surface area contributed by atoms with Crippen LogP contribution in [0.4, 0.5) is 13.2 Å². The minimum atomic E-state index is -5.62. The van der Waals surface area contributed by atoms with E-state index >= 15 is 0 Å². The number of ether oxygens (including phenoxy) is 2. The zero-order chi connectivity index (χ0) is 21.7. The fraction of sp³-hybridized carbons (Fsp3) is 0.905. The van der Waals surface area contributed by atoms with Crippen molar-refractivity contribution in [2.75, 3.05) is 13.9 Å². The van der Waals surface area contributed by atoms with Crippen molar-refractivity contribution in [3.05, 3.63) is 11.8 Å². The lowest BCUT2D eigenvalue weighted by Crippen LogP contribution is -2.47. The lowest BCUT2D eigenvalue weighted by Gasteiger charge is -2.54. The van der Waals surface area contributed by atoms with Crippen LogP contribution in [0.1, 0.15) is 58.3 Å². The standard InChI is InChI=1S/C21H31F3O5S/c1-20-8-7-14-9-15-10-16(28-12-27-2)4-3-13(15)11-17(14)18(20)5-6-19(20)29-30(25,26)21(22,23)24/h6,13-18H,3-5,7-12H2,1-2H3/t13-,14+,15+,16-,17+,18-,20-/m0/s1. The first-order chi connectivity index (χ1) is 14.0. The molecule has 172 valence electrons. The molecule has 0 N–H and O–H groups in total. The summed E-state index contributed by atoms with van der Waals surface area (Å²) in [6.07, 6.45) is 9.37. The summed E-state index contributed by atoms with van der Waals surface area (Å²) in [6, 6.07) is 0. The molecule has 4 aliphatic carbocycles. The van der Waals surface area contributed by atoms with Gasteiger partial charge in [0.1, 0.15) is 12.6 Å². The maximum Gasteiger partial charge on any atom is 0.534 e. The summed E-state index contributed by atoms with van der Waals surface area (Å²) in [4.78, 5) is 0. The molecule has 3 saturated carbocycles. The van der Waals surface area contributed by atoms with Crippen LogP contribution in [0.2, 0.25) is 0 Å². The lowest BCUT2D eigenvalue weighted by molar-refractivity contribution is -0.111. The van der Waals surface area contributed by atoms with E-state index in [2.05, 4.69) is 4.18 Å². The van der Waals surface area contributed by atoms with Crippen LogP contribution in [0.25, 0.3) is 0 Å². The molecule has 0 saturated heterocycles. The Morgan fingerprint density at radius 3 is 2.57 bits per heavy atom.